The predicted molar refractivity (Wildman–Crippen MR) is 129 cm³/mol. The van der Waals surface area contributed by atoms with Crippen LogP contribution in [-0.2, 0) is 24.5 Å². The number of carbonyl (C=O) groups excluding carboxylic acids is 2. The summed E-state index contributed by atoms with van der Waals surface area (Å²) in [5, 5.41) is 19.6. The average molecular weight is 485 g/mol. The van der Waals surface area contributed by atoms with E-state index in [4.69, 9.17) is 14.6 Å². The number of carboxylic acids is 2. The van der Waals surface area contributed by atoms with E-state index >= 15 is 0 Å². The first-order valence-corrected chi connectivity index (χ1v) is 11.8. The van der Waals surface area contributed by atoms with Gasteiger partial charge in [-0.2, -0.15) is 0 Å². The molecule has 0 unspecified atom stereocenters. The van der Waals surface area contributed by atoms with Crippen LogP contribution in [0.2, 0.25) is 0 Å². The zero-order chi connectivity index (χ0) is 25.8. The number of esters is 2. The van der Waals surface area contributed by atoms with E-state index in [9.17, 15) is 24.3 Å². The zero-order valence-electron chi connectivity index (χ0n) is 20.1. The molecular weight excluding hydrogens is 452 g/mol. The molecule has 0 aromatic heterocycles. The lowest BCUT2D eigenvalue weighted by Crippen LogP contribution is -2.40. The van der Waals surface area contributed by atoms with Gasteiger partial charge in [-0.3, -0.25) is 9.59 Å². The van der Waals surface area contributed by atoms with Gasteiger partial charge in [0.25, 0.3) is 0 Å². The third kappa shape index (κ3) is 6.68. The van der Waals surface area contributed by atoms with Crippen LogP contribution in [0.15, 0.2) is 48.5 Å². The second-order valence-electron chi connectivity index (χ2n) is 8.05. The molecule has 0 bridgehead atoms. The largest absolute Gasteiger partial charge is 0.481 e. The van der Waals surface area contributed by atoms with Crippen molar-refractivity contribution in [2.75, 3.05) is 13.2 Å². The Morgan fingerprint density at radius 1 is 0.714 bits per heavy atom. The van der Waals surface area contributed by atoms with E-state index in [1.807, 2.05) is 0 Å². The molecule has 0 amide bonds. The molecule has 0 atom stereocenters. The summed E-state index contributed by atoms with van der Waals surface area (Å²) in [6, 6.07) is 12.7. The van der Waals surface area contributed by atoms with Crippen LogP contribution in [0.5, 0.6) is 0 Å². The van der Waals surface area contributed by atoms with Gasteiger partial charge in [-0.25, -0.2) is 9.59 Å². The molecule has 0 spiro atoms. The fraction of sp³-hybridized carbons (Fsp3) is 0.407. The normalized spacial score (nSPS) is 11.0. The number of unbranched alkanes of at least 4 members (excludes halogenated alkanes) is 3. The summed E-state index contributed by atoms with van der Waals surface area (Å²) in [7, 11) is 0. The van der Waals surface area contributed by atoms with Crippen molar-refractivity contribution in [3.8, 4) is 0 Å². The van der Waals surface area contributed by atoms with Gasteiger partial charge in [-0.1, -0.05) is 55.7 Å². The van der Waals surface area contributed by atoms with Crippen molar-refractivity contribution >= 4 is 23.9 Å². The van der Waals surface area contributed by atoms with Gasteiger partial charge >= 0.3 is 23.9 Å². The zero-order valence-corrected chi connectivity index (χ0v) is 20.1. The Morgan fingerprint density at radius 3 is 1.60 bits per heavy atom. The number of carbonyl (C=O) groups is 4. The Balaban J connectivity index is 2.65. The molecule has 0 heterocycles. The number of carboxylic acid groups (broad SMARTS) is 2. The third-order valence-electron chi connectivity index (χ3n) is 5.82. The molecule has 0 aliphatic heterocycles. The minimum Gasteiger partial charge on any atom is -0.481 e. The minimum absolute atomic E-state index is 0.0431. The Morgan fingerprint density at radius 2 is 1.17 bits per heavy atom. The monoisotopic (exact) mass is 484 g/mol. The Labute approximate surface area is 204 Å². The molecule has 2 rings (SSSR count). The van der Waals surface area contributed by atoms with Crippen LogP contribution < -0.4 is 0 Å². The molecule has 2 aromatic rings. The molecule has 188 valence electrons. The highest BCUT2D eigenvalue weighted by molar-refractivity contribution is 5.99. The first-order valence-electron chi connectivity index (χ1n) is 11.8. The molecule has 0 saturated heterocycles. The molecule has 0 fully saturated rings. The summed E-state index contributed by atoms with van der Waals surface area (Å²) >= 11 is 0. The smallest absolute Gasteiger partial charge is 0.338 e. The second kappa shape index (κ2) is 13.3. The molecule has 8 nitrogen and oxygen atoms in total. The van der Waals surface area contributed by atoms with Crippen LogP contribution in [0.25, 0.3) is 0 Å². The summed E-state index contributed by atoms with van der Waals surface area (Å²) in [5.41, 5.74) is -1.05. The van der Waals surface area contributed by atoms with E-state index < -0.39 is 29.3 Å². The summed E-state index contributed by atoms with van der Waals surface area (Å²) < 4.78 is 10.4. The second-order valence-corrected chi connectivity index (χ2v) is 8.05. The maximum Gasteiger partial charge on any atom is 0.338 e. The van der Waals surface area contributed by atoms with Crippen LogP contribution in [0, 0.1) is 0 Å². The molecule has 35 heavy (non-hydrogen) atoms. The Kier molecular flexibility index (Phi) is 10.5. The standard InChI is InChI=1S/C27H32O8/c1-3-34-24(30)19-13-8-10-15-21(19)27(26(32)33,18-12-6-5-7-17-23(28)29)22-16-11-9-14-20(22)25(31)35-4-2/h8-11,13-16H,3-7,12,17-18H2,1-2H3,(H,28,29)(H,32,33). The van der Waals surface area contributed by atoms with Crippen LogP contribution in [0.3, 0.4) is 0 Å². The number of rotatable bonds is 14. The maximum absolute atomic E-state index is 13.1. The van der Waals surface area contributed by atoms with E-state index in [0.29, 0.717) is 25.7 Å². The molecule has 2 aromatic carbocycles. The fourth-order valence-electron chi connectivity index (χ4n) is 4.26. The van der Waals surface area contributed by atoms with Crippen molar-refractivity contribution in [3.05, 3.63) is 70.8 Å². The average Bonchev–Trinajstić information content (AvgIpc) is 2.84. The van der Waals surface area contributed by atoms with Gasteiger partial charge in [-0.15, -0.1) is 0 Å². The van der Waals surface area contributed by atoms with E-state index in [1.54, 1.807) is 50.2 Å². The Hall–Kier alpha value is -3.68. The summed E-state index contributed by atoms with van der Waals surface area (Å²) in [4.78, 5) is 49.5. The van der Waals surface area contributed by atoms with Crippen molar-refractivity contribution in [2.24, 2.45) is 0 Å². The topological polar surface area (TPSA) is 127 Å². The van der Waals surface area contributed by atoms with E-state index in [-0.39, 0.29) is 48.3 Å². The molecule has 0 saturated carbocycles. The van der Waals surface area contributed by atoms with Gasteiger partial charge in [0, 0.05) is 6.42 Å². The molecular formula is C27H32O8. The highest BCUT2D eigenvalue weighted by atomic mass is 16.5. The fourth-order valence-corrected chi connectivity index (χ4v) is 4.26. The van der Waals surface area contributed by atoms with E-state index in [2.05, 4.69) is 0 Å². The van der Waals surface area contributed by atoms with Crippen molar-refractivity contribution in [3.63, 3.8) is 0 Å². The van der Waals surface area contributed by atoms with E-state index in [1.165, 1.54) is 12.1 Å². The SMILES string of the molecule is CCOC(=O)c1ccccc1C(CCCCCCC(=O)O)(C(=O)O)c1ccccc1C(=O)OCC. The van der Waals surface area contributed by atoms with Crippen molar-refractivity contribution in [1.29, 1.82) is 0 Å². The van der Waals surface area contributed by atoms with Crippen molar-refractivity contribution in [1.82, 2.24) is 0 Å². The van der Waals surface area contributed by atoms with Crippen molar-refractivity contribution in [2.45, 2.75) is 57.8 Å². The lowest BCUT2D eigenvalue weighted by atomic mass is 9.68. The third-order valence-corrected chi connectivity index (χ3v) is 5.82. The highest BCUT2D eigenvalue weighted by Crippen LogP contribution is 2.42. The molecule has 0 aliphatic carbocycles. The predicted octanol–water partition coefficient (Wildman–Crippen LogP) is 4.84. The summed E-state index contributed by atoms with van der Waals surface area (Å²) in [6.45, 7) is 3.57. The van der Waals surface area contributed by atoms with Crippen LogP contribution in [-0.4, -0.2) is 47.3 Å². The van der Waals surface area contributed by atoms with Crippen molar-refractivity contribution < 1.29 is 38.9 Å². The van der Waals surface area contributed by atoms with Crippen LogP contribution >= 0.6 is 0 Å². The van der Waals surface area contributed by atoms with Gasteiger partial charge < -0.3 is 19.7 Å². The number of benzene rings is 2. The van der Waals surface area contributed by atoms with Crippen LogP contribution in [0.4, 0.5) is 0 Å². The summed E-state index contributed by atoms with van der Waals surface area (Å²) in [6.07, 6.45) is 2.24. The first kappa shape index (κ1) is 27.6. The molecule has 0 radical (unpaired) electrons. The first-order chi connectivity index (χ1) is 16.8. The molecule has 0 aliphatic rings. The lowest BCUT2D eigenvalue weighted by molar-refractivity contribution is -0.142. The van der Waals surface area contributed by atoms with E-state index in [0.717, 1.165) is 0 Å². The number of aliphatic carboxylic acids is 2. The van der Waals surface area contributed by atoms with Crippen LogP contribution in [0.1, 0.15) is 84.2 Å². The van der Waals surface area contributed by atoms with Gasteiger partial charge in [0.1, 0.15) is 5.41 Å². The highest BCUT2D eigenvalue weighted by Gasteiger charge is 2.46. The van der Waals surface area contributed by atoms with Gasteiger partial charge in [0.15, 0.2) is 0 Å². The number of hydrogen-bond donors (Lipinski definition) is 2. The van der Waals surface area contributed by atoms with Gasteiger partial charge in [-0.05, 0) is 49.9 Å². The lowest BCUT2D eigenvalue weighted by Gasteiger charge is -2.33. The number of hydrogen-bond acceptors (Lipinski definition) is 6. The minimum atomic E-state index is -1.74. The molecule has 2 N–H and O–H groups in total. The number of ether oxygens (including phenoxy) is 2. The summed E-state index contributed by atoms with van der Waals surface area (Å²) in [5.74, 6) is -3.39. The van der Waals surface area contributed by atoms with Gasteiger partial charge in [0.05, 0.1) is 24.3 Å². The Bertz CT molecular complexity index is 981. The molecule has 8 heteroatoms. The maximum atomic E-state index is 13.1. The van der Waals surface area contributed by atoms with Gasteiger partial charge in [0.2, 0.25) is 0 Å². The quantitative estimate of drug-likeness (QED) is 0.288.